The van der Waals surface area contributed by atoms with Gasteiger partial charge in [-0.25, -0.2) is 4.98 Å². The van der Waals surface area contributed by atoms with Gasteiger partial charge in [-0.2, -0.15) is 0 Å². The van der Waals surface area contributed by atoms with E-state index in [9.17, 15) is 0 Å². The van der Waals surface area contributed by atoms with E-state index in [1.54, 1.807) is 11.3 Å². The van der Waals surface area contributed by atoms with Crippen molar-refractivity contribution in [1.82, 2.24) is 9.38 Å². The van der Waals surface area contributed by atoms with Gasteiger partial charge in [0.15, 0.2) is 0 Å². The Kier molecular flexibility index (Phi) is 4.47. The molecule has 1 radical (unpaired) electrons. The van der Waals surface area contributed by atoms with Crippen LogP contribution in [0.25, 0.3) is 16.2 Å². The van der Waals surface area contributed by atoms with Gasteiger partial charge < -0.3 is 5.32 Å². The molecule has 0 spiro atoms. The molecule has 0 fully saturated rings. The Morgan fingerprint density at radius 3 is 2.74 bits per heavy atom. The lowest BCUT2D eigenvalue weighted by atomic mass is 10.1. The Balaban J connectivity index is 1.74. The third kappa shape index (κ3) is 3.89. The minimum absolute atomic E-state index is 0.0652. The molecule has 0 aliphatic carbocycles. The first-order valence-corrected chi connectivity index (χ1v) is 9.65. The highest BCUT2D eigenvalue weighted by Gasteiger charge is 2.20. The number of nitrogens with one attached hydrogen (secondary N) is 1. The molecule has 0 atom stereocenters. The van der Waals surface area contributed by atoms with Crippen molar-refractivity contribution in [2.75, 3.05) is 5.32 Å². The van der Waals surface area contributed by atoms with E-state index in [1.165, 1.54) is 0 Å². The molecule has 0 unspecified atom stereocenters. The van der Waals surface area contributed by atoms with Crippen LogP contribution in [-0.4, -0.2) is 14.9 Å². The van der Waals surface area contributed by atoms with Crippen molar-refractivity contribution in [1.29, 1.82) is 0 Å². The first-order valence-electron chi connectivity index (χ1n) is 8.83. The number of nitrogens with zero attached hydrogens (tertiary/aromatic N) is 2. The summed E-state index contributed by atoms with van der Waals surface area (Å²) in [5.41, 5.74) is 2.79. The van der Waals surface area contributed by atoms with Crippen LogP contribution in [0.2, 0.25) is 0 Å². The van der Waals surface area contributed by atoms with Gasteiger partial charge in [-0.05, 0) is 63.2 Å². The quantitative estimate of drug-likeness (QED) is 0.474. The number of benzene rings is 1. The van der Waals surface area contributed by atoms with Crippen LogP contribution in [-0.2, 0) is 0 Å². The number of thiophene rings is 1. The van der Waals surface area contributed by atoms with Crippen LogP contribution in [0.3, 0.4) is 0 Å². The largest absolute Gasteiger partial charge is 0.365 e. The predicted molar refractivity (Wildman–Crippen MR) is 113 cm³/mol. The molecule has 1 aromatic carbocycles. The van der Waals surface area contributed by atoms with Gasteiger partial charge in [0.1, 0.15) is 17.2 Å². The third-order valence-electron chi connectivity index (χ3n) is 3.90. The van der Waals surface area contributed by atoms with Crippen LogP contribution in [0.5, 0.6) is 0 Å². The molecule has 3 aromatic heterocycles. The zero-order valence-corrected chi connectivity index (χ0v) is 16.4. The van der Waals surface area contributed by atoms with E-state index < -0.39 is 0 Å². The number of imidazole rings is 1. The Morgan fingerprint density at radius 1 is 1.07 bits per heavy atom. The highest BCUT2D eigenvalue weighted by molar-refractivity contribution is 7.16. The maximum atomic E-state index is 4.86. The summed E-state index contributed by atoms with van der Waals surface area (Å²) in [5.74, 6) is 7.45. The molecule has 1 N–H and O–H groups in total. The maximum Gasteiger partial charge on any atom is 0.140 e. The molecule has 4 rings (SSSR count). The zero-order chi connectivity index (χ0) is 18.9. The summed E-state index contributed by atoms with van der Waals surface area (Å²) in [5, 5.41) is 3.61. The van der Waals surface area contributed by atoms with Crippen molar-refractivity contribution in [2.45, 2.75) is 26.3 Å². The van der Waals surface area contributed by atoms with Gasteiger partial charge in [0.05, 0.1) is 9.75 Å². The summed E-state index contributed by atoms with van der Waals surface area (Å²) in [6.07, 6.45) is 2.04. The van der Waals surface area contributed by atoms with Crippen LogP contribution in [0.4, 0.5) is 5.82 Å². The molecule has 133 valence electrons. The van der Waals surface area contributed by atoms with E-state index >= 15 is 0 Å². The number of aromatic nitrogens is 2. The average molecular weight is 371 g/mol. The van der Waals surface area contributed by atoms with Crippen molar-refractivity contribution < 1.29 is 0 Å². The molecule has 0 bridgehead atoms. The second-order valence-corrected chi connectivity index (χ2v) is 8.40. The summed E-state index contributed by atoms with van der Waals surface area (Å²) in [6, 6.07) is 21.0. The summed E-state index contributed by atoms with van der Waals surface area (Å²) < 4.78 is 2.10. The molecule has 3 heterocycles. The lowest BCUT2D eigenvalue weighted by Crippen LogP contribution is -2.27. The smallest absolute Gasteiger partial charge is 0.140 e. The fourth-order valence-corrected chi connectivity index (χ4v) is 3.63. The number of rotatable bonds is 2. The first-order chi connectivity index (χ1) is 13.0. The van der Waals surface area contributed by atoms with E-state index in [4.69, 9.17) is 4.98 Å². The van der Waals surface area contributed by atoms with Crippen molar-refractivity contribution in [3.8, 4) is 22.4 Å². The van der Waals surface area contributed by atoms with E-state index in [2.05, 4.69) is 60.5 Å². The van der Waals surface area contributed by atoms with Crippen molar-refractivity contribution in [2.24, 2.45) is 0 Å². The van der Waals surface area contributed by atoms with Crippen molar-refractivity contribution >= 4 is 22.8 Å². The maximum absolute atomic E-state index is 4.86. The number of pyridine rings is 1. The molecule has 0 amide bonds. The average Bonchev–Trinajstić information content (AvgIpc) is 3.25. The fraction of sp³-hybridized carbons (Fsp3) is 0.174. The highest BCUT2D eigenvalue weighted by atomic mass is 32.1. The molecular formula is C23H20N3S. The lowest BCUT2D eigenvalue weighted by Gasteiger charge is -2.22. The Labute approximate surface area is 163 Å². The van der Waals surface area contributed by atoms with Crippen LogP contribution in [0.15, 0.2) is 60.8 Å². The van der Waals surface area contributed by atoms with E-state index in [0.717, 1.165) is 32.5 Å². The van der Waals surface area contributed by atoms with Crippen LogP contribution in [0.1, 0.15) is 31.2 Å². The predicted octanol–water partition coefficient (Wildman–Crippen LogP) is 5.47. The lowest BCUT2D eigenvalue weighted by molar-refractivity contribution is 0.630. The Morgan fingerprint density at radius 2 is 1.96 bits per heavy atom. The summed E-state index contributed by atoms with van der Waals surface area (Å²) in [4.78, 5) is 6.98. The van der Waals surface area contributed by atoms with Gasteiger partial charge >= 0.3 is 0 Å². The normalized spacial score (nSPS) is 11.2. The molecule has 3 nitrogen and oxygen atoms in total. The van der Waals surface area contributed by atoms with Crippen LogP contribution < -0.4 is 5.32 Å². The third-order valence-corrected chi connectivity index (χ3v) is 4.91. The number of fused-ring (bicyclic) bond motifs is 1. The van der Waals surface area contributed by atoms with E-state index in [0.29, 0.717) is 0 Å². The molecule has 0 aliphatic heterocycles. The number of anilines is 1. The standard InChI is InChI=1S/C23H20N3S/c1-23(2,3)25-22-21(24-20-11-7-8-16-26(20)22)19-15-14-18(27-19)13-12-17-9-5-4-6-10-17/h4-5,7-11,14-16,25H,1-3H3. The number of hydrogen-bond acceptors (Lipinski definition) is 3. The van der Waals surface area contributed by atoms with Gasteiger partial charge in [0.2, 0.25) is 0 Å². The fourth-order valence-electron chi connectivity index (χ4n) is 2.78. The topological polar surface area (TPSA) is 29.3 Å². The second-order valence-electron chi connectivity index (χ2n) is 7.32. The molecule has 0 aliphatic rings. The van der Waals surface area contributed by atoms with Crippen molar-refractivity contribution in [3.63, 3.8) is 0 Å². The SMILES string of the molecule is CC(C)(C)Nc1c(-c2ccc(C#Cc3c[c]ccc3)s2)nc2ccccn12. The van der Waals surface area contributed by atoms with Gasteiger partial charge in [-0.1, -0.05) is 30.0 Å². The van der Waals surface area contributed by atoms with Crippen LogP contribution >= 0.6 is 11.3 Å². The van der Waals surface area contributed by atoms with Gasteiger partial charge in [-0.15, -0.1) is 11.3 Å². The summed E-state index contributed by atoms with van der Waals surface area (Å²) in [6.45, 7) is 6.46. The molecule has 0 saturated carbocycles. The minimum Gasteiger partial charge on any atom is -0.365 e. The number of hydrogen-bond donors (Lipinski definition) is 1. The summed E-state index contributed by atoms with van der Waals surface area (Å²) in [7, 11) is 0. The molecular weight excluding hydrogens is 350 g/mol. The van der Waals surface area contributed by atoms with E-state index in [1.807, 2.05) is 48.7 Å². The molecule has 4 aromatic rings. The Bertz CT molecular complexity index is 1140. The summed E-state index contributed by atoms with van der Waals surface area (Å²) >= 11 is 1.66. The zero-order valence-electron chi connectivity index (χ0n) is 15.6. The highest BCUT2D eigenvalue weighted by Crippen LogP contribution is 2.34. The minimum atomic E-state index is -0.0652. The van der Waals surface area contributed by atoms with E-state index in [-0.39, 0.29) is 5.54 Å². The first kappa shape index (κ1) is 17.4. The molecule has 27 heavy (non-hydrogen) atoms. The van der Waals surface area contributed by atoms with Crippen LogP contribution in [0, 0.1) is 17.9 Å². The van der Waals surface area contributed by atoms with Crippen molar-refractivity contribution in [3.05, 3.63) is 77.3 Å². The second kappa shape index (κ2) is 6.94. The van der Waals surface area contributed by atoms with Gasteiger partial charge in [0.25, 0.3) is 0 Å². The monoisotopic (exact) mass is 370 g/mol. The van der Waals surface area contributed by atoms with Gasteiger partial charge in [-0.3, -0.25) is 4.40 Å². The van der Waals surface area contributed by atoms with Gasteiger partial charge in [0, 0.05) is 17.3 Å². The Hall–Kier alpha value is -3.03. The molecule has 4 heteroatoms. The molecule has 0 saturated heterocycles.